The number of rotatable bonds is 2. The van der Waals surface area contributed by atoms with Crippen molar-refractivity contribution in [3.63, 3.8) is 0 Å². The Kier molecular flexibility index (Phi) is 3.36. The zero-order chi connectivity index (χ0) is 14.2. The molecule has 2 aromatic rings. The standard InChI is InChI=1S/C10H8ClF3N4O/c1-5(19)15-3-8-16-17-9-7(11)2-6(4-18(8)9)10(12,13)14/h2,4H,3H2,1H3,(H,15,19). The summed E-state index contributed by atoms with van der Waals surface area (Å²) < 4.78 is 39.1. The molecular weight excluding hydrogens is 285 g/mol. The van der Waals surface area contributed by atoms with E-state index in [1.54, 1.807) is 0 Å². The molecule has 0 aliphatic carbocycles. The summed E-state index contributed by atoms with van der Waals surface area (Å²) in [6.07, 6.45) is -3.67. The number of amides is 1. The van der Waals surface area contributed by atoms with Crippen molar-refractivity contribution >= 4 is 23.2 Å². The molecule has 2 heterocycles. The van der Waals surface area contributed by atoms with E-state index in [9.17, 15) is 18.0 Å². The number of nitrogens with one attached hydrogen (secondary N) is 1. The molecule has 2 aromatic heterocycles. The van der Waals surface area contributed by atoms with Crippen LogP contribution >= 0.6 is 11.6 Å². The van der Waals surface area contributed by atoms with E-state index in [0.29, 0.717) is 0 Å². The Bertz CT molecular complexity index is 637. The van der Waals surface area contributed by atoms with Crippen LogP contribution in [0.3, 0.4) is 0 Å². The van der Waals surface area contributed by atoms with Gasteiger partial charge in [0.2, 0.25) is 5.91 Å². The number of carbonyl (C=O) groups excluding carboxylic acids is 1. The van der Waals surface area contributed by atoms with Gasteiger partial charge in [0.1, 0.15) is 0 Å². The lowest BCUT2D eigenvalue weighted by Gasteiger charge is -2.08. The number of alkyl halides is 3. The van der Waals surface area contributed by atoms with Crippen molar-refractivity contribution in [1.29, 1.82) is 0 Å². The molecule has 0 radical (unpaired) electrons. The molecule has 1 amide bonds. The van der Waals surface area contributed by atoms with Gasteiger partial charge in [-0.1, -0.05) is 11.6 Å². The van der Waals surface area contributed by atoms with Gasteiger partial charge in [-0.25, -0.2) is 0 Å². The number of aromatic nitrogens is 3. The second-order valence-corrected chi connectivity index (χ2v) is 4.20. The molecule has 5 nitrogen and oxygen atoms in total. The minimum Gasteiger partial charge on any atom is -0.349 e. The Labute approximate surface area is 110 Å². The van der Waals surface area contributed by atoms with Gasteiger partial charge in [-0.15, -0.1) is 10.2 Å². The number of hydrogen-bond donors (Lipinski definition) is 1. The van der Waals surface area contributed by atoms with Crippen molar-refractivity contribution in [2.75, 3.05) is 0 Å². The van der Waals surface area contributed by atoms with Gasteiger partial charge in [0, 0.05) is 13.1 Å². The molecule has 0 aliphatic rings. The minimum atomic E-state index is -4.52. The van der Waals surface area contributed by atoms with Crippen molar-refractivity contribution in [3.05, 3.63) is 28.7 Å². The van der Waals surface area contributed by atoms with Gasteiger partial charge in [-0.2, -0.15) is 13.2 Å². The maximum atomic E-state index is 12.7. The molecule has 0 unspecified atom stereocenters. The first-order valence-corrected chi connectivity index (χ1v) is 5.51. The topological polar surface area (TPSA) is 59.3 Å². The van der Waals surface area contributed by atoms with Gasteiger partial charge >= 0.3 is 6.18 Å². The first kappa shape index (κ1) is 13.6. The van der Waals surface area contributed by atoms with Crippen molar-refractivity contribution in [3.8, 4) is 0 Å². The number of fused-ring (bicyclic) bond motifs is 1. The smallest absolute Gasteiger partial charge is 0.349 e. The van der Waals surface area contributed by atoms with Crippen LogP contribution in [0.2, 0.25) is 5.02 Å². The Balaban J connectivity index is 2.50. The number of hydrogen-bond acceptors (Lipinski definition) is 3. The minimum absolute atomic E-state index is 0.0336. The van der Waals surface area contributed by atoms with Crippen LogP contribution in [0.25, 0.3) is 5.65 Å². The summed E-state index contributed by atoms with van der Waals surface area (Å²) in [6, 6.07) is 0.785. The third-order valence-corrected chi connectivity index (χ3v) is 2.63. The Morgan fingerprint density at radius 2 is 2.16 bits per heavy atom. The number of halogens is 4. The lowest BCUT2D eigenvalue weighted by molar-refractivity contribution is -0.137. The van der Waals surface area contributed by atoms with Crippen molar-refractivity contribution in [2.45, 2.75) is 19.6 Å². The van der Waals surface area contributed by atoms with Crippen molar-refractivity contribution in [1.82, 2.24) is 19.9 Å². The Morgan fingerprint density at radius 1 is 1.47 bits per heavy atom. The number of pyridine rings is 1. The molecule has 19 heavy (non-hydrogen) atoms. The maximum Gasteiger partial charge on any atom is 0.417 e. The quantitative estimate of drug-likeness (QED) is 0.921. The second-order valence-electron chi connectivity index (χ2n) is 3.79. The zero-order valence-electron chi connectivity index (χ0n) is 9.62. The molecular formula is C10H8ClF3N4O. The monoisotopic (exact) mass is 292 g/mol. The SMILES string of the molecule is CC(=O)NCc1nnc2c(Cl)cc(C(F)(F)F)cn12. The predicted molar refractivity (Wildman–Crippen MR) is 60.5 cm³/mol. The van der Waals surface area contributed by atoms with E-state index in [0.717, 1.165) is 16.7 Å². The van der Waals surface area contributed by atoms with E-state index >= 15 is 0 Å². The number of carbonyl (C=O) groups is 1. The summed E-state index contributed by atoms with van der Waals surface area (Å²) in [4.78, 5) is 10.8. The summed E-state index contributed by atoms with van der Waals surface area (Å²) in [7, 11) is 0. The summed E-state index contributed by atoms with van der Waals surface area (Å²) in [5, 5.41) is 9.65. The first-order chi connectivity index (χ1) is 8.79. The molecule has 0 saturated carbocycles. The van der Waals surface area contributed by atoms with Gasteiger partial charge in [-0.05, 0) is 6.07 Å². The van der Waals surface area contributed by atoms with Crippen LogP contribution in [-0.2, 0) is 17.5 Å². The van der Waals surface area contributed by atoms with Gasteiger partial charge < -0.3 is 5.32 Å². The fourth-order valence-corrected chi connectivity index (χ4v) is 1.73. The van der Waals surface area contributed by atoms with Gasteiger partial charge in [-0.3, -0.25) is 9.20 Å². The van der Waals surface area contributed by atoms with E-state index in [2.05, 4.69) is 15.5 Å². The fraction of sp³-hybridized carbons (Fsp3) is 0.300. The van der Waals surface area contributed by atoms with Crippen LogP contribution in [0.1, 0.15) is 18.3 Å². The average Bonchev–Trinajstić information content (AvgIpc) is 2.68. The van der Waals surface area contributed by atoms with Crippen LogP contribution in [-0.4, -0.2) is 20.5 Å². The summed E-state index contributed by atoms with van der Waals surface area (Å²) in [5.41, 5.74) is -0.802. The molecule has 0 fully saturated rings. The molecule has 0 aliphatic heterocycles. The molecule has 0 bridgehead atoms. The van der Waals surface area contributed by atoms with E-state index in [4.69, 9.17) is 11.6 Å². The zero-order valence-corrected chi connectivity index (χ0v) is 10.4. The van der Waals surface area contributed by atoms with E-state index in [1.165, 1.54) is 6.92 Å². The van der Waals surface area contributed by atoms with Gasteiger partial charge in [0.15, 0.2) is 11.5 Å². The molecule has 0 atom stereocenters. The second kappa shape index (κ2) is 4.69. The van der Waals surface area contributed by atoms with Crippen molar-refractivity contribution < 1.29 is 18.0 Å². The third kappa shape index (κ3) is 2.78. The third-order valence-electron chi connectivity index (χ3n) is 2.35. The van der Waals surface area contributed by atoms with Gasteiger partial charge in [0.05, 0.1) is 17.1 Å². The Hall–Kier alpha value is -1.83. The highest BCUT2D eigenvalue weighted by Crippen LogP contribution is 2.32. The van der Waals surface area contributed by atoms with Crippen LogP contribution in [0.4, 0.5) is 13.2 Å². The van der Waals surface area contributed by atoms with Crippen LogP contribution in [0.5, 0.6) is 0 Å². The van der Waals surface area contributed by atoms with Crippen LogP contribution in [0, 0.1) is 0 Å². The highest BCUT2D eigenvalue weighted by Gasteiger charge is 2.32. The number of nitrogens with zero attached hydrogens (tertiary/aromatic N) is 3. The van der Waals surface area contributed by atoms with Crippen LogP contribution in [0.15, 0.2) is 12.3 Å². The molecule has 9 heteroatoms. The summed E-state index contributed by atoms with van der Waals surface area (Å²) in [6.45, 7) is 1.26. The van der Waals surface area contributed by atoms with E-state index < -0.39 is 11.7 Å². The van der Waals surface area contributed by atoms with Crippen LogP contribution < -0.4 is 5.32 Å². The highest BCUT2D eigenvalue weighted by molar-refractivity contribution is 6.33. The summed E-state index contributed by atoms with van der Waals surface area (Å²) >= 11 is 5.73. The van der Waals surface area contributed by atoms with E-state index in [-0.39, 0.29) is 28.9 Å². The normalized spacial score (nSPS) is 11.8. The predicted octanol–water partition coefficient (Wildman–Crippen LogP) is 2.04. The first-order valence-electron chi connectivity index (χ1n) is 5.14. The summed E-state index contributed by atoms with van der Waals surface area (Å²) in [5.74, 6) is -0.159. The average molecular weight is 293 g/mol. The molecule has 0 saturated heterocycles. The fourth-order valence-electron chi connectivity index (χ4n) is 1.48. The maximum absolute atomic E-state index is 12.7. The highest BCUT2D eigenvalue weighted by atomic mass is 35.5. The molecule has 0 aromatic carbocycles. The van der Waals surface area contributed by atoms with E-state index in [1.807, 2.05) is 0 Å². The molecule has 2 rings (SSSR count). The van der Waals surface area contributed by atoms with Gasteiger partial charge in [0.25, 0.3) is 0 Å². The molecule has 102 valence electrons. The van der Waals surface area contributed by atoms with Crippen molar-refractivity contribution in [2.24, 2.45) is 0 Å². The largest absolute Gasteiger partial charge is 0.417 e. The Morgan fingerprint density at radius 3 is 2.74 bits per heavy atom. The lowest BCUT2D eigenvalue weighted by atomic mass is 10.3. The molecule has 0 spiro atoms. The molecule has 1 N–H and O–H groups in total. The lowest BCUT2D eigenvalue weighted by Crippen LogP contribution is -2.20.